The van der Waals surface area contributed by atoms with E-state index in [1.54, 1.807) is 12.4 Å². The molecule has 0 fully saturated rings. The van der Waals surface area contributed by atoms with Crippen LogP contribution in [0.5, 0.6) is 0 Å². The van der Waals surface area contributed by atoms with Crippen molar-refractivity contribution >= 4 is 22.6 Å². The van der Waals surface area contributed by atoms with Gasteiger partial charge < -0.3 is 10.3 Å². The molecule has 21 heavy (non-hydrogen) atoms. The summed E-state index contributed by atoms with van der Waals surface area (Å²) in [7, 11) is 0. The van der Waals surface area contributed by atoms with Crippen LogP contribution in [0.1, 0.15) is 37.3 Å². The molecule has 0 spiro atoms. The number of hydrogen-bond acceptors (Lipinski definition) is 3. The Labute approximate surface area is 128 Å². The molecule has 0 radical (unpaired) electrons. The summed E-state index contributed by atoms with van der Waals surface area (Å²) in [5, 5.41) is 4.25. The fraction of sp³-hybridized carbons (Fsp3) is 0.250. The summed E-state index contributed by atoms with van der Waals surface area (Å²) in [4.78, 5) is 12.0. The molecule has 2 N–H and O–H groups in total. The van der Waals surface area contributed by atoms with E-state index in [0.717, 1.165) is 16.9 Å². The van der Waals surface area contributed by atoms with Gasteiger partial charge in [-0.25, -0.2) is 4.98 Å². The number of benzene rings is 1. The van der Waals surface area contributed by atoms with E-state index in [-0.39, 0.29) is 12.1 Å². The minimum absolute atomic E-state index is 0.111. The maximum atomic E-state index is 6.00. The quantitative estimate of drug-likeness (QED) is 0.765. The van der Waals surface area contributed by atoms with E-state index in [4.69, 9.17) is 11.6 Å². The highest BCUT2D eigenvalue weighted by atomic mass is 35.5. The predicted octanol–water partition coefficient (Wildman–Crippen LogP) is 4.02. The Hall–Kier alpha value is -1.91. The Morgan fingerprint density at radius 1 is 1.10 bits per heavy atom. The van der Waals surface area contributed by atoms with E-state index in [2.05, 4.69) is 34.1 Å². The van der Waals surface area contributed by atoms with Crippen LogP contribution in [0.25, 0.3) is 11.0 Å². The zero-order valence-corrected chi connectivity index (χ0v) is 12.7. The zero-order chi connectivity index (χ0) is 14.8. The molecular weight excluding hydrogens is 284 g/mol. The average molecular weight is 301 g/mol. The monoisotopic (exact) mass is 300 g/mol. The van der Waals surface area contributed by atoms with E-state index in [0.29, 0.717) is 5.02 Å². The molecule has 0 amide bonds. The highest BCUT2D eigenvalue weighted by Gasteiger charge is 2.14. The van der Waals surface area contributed by atoms with Crippen molar-refractivity contribution in [2.45, 2.75) is 25.9 Å². The lowest BCUT2D eigenvalue weighted by Crippen LogP contribution is -2.23. The second kappa shape index (κ2) is 5.84. The van der Waals surface area contributed by atoms with Gasteiger partial charge >= 0.3 is 0 Å². The van der Waals surface area contributed by atoms with Crippen LogP contribution in [-0.4, -0.2) is 15.0 Å². The van der Waals surface area contributed by atoms with Crippen molar-refractivity contribution < 1.29 is 0 Å². The summed E-state index contributed by atoms with van der Waals surface area (Å²) in [6, 6.07) is 10.0. The first kappa shape index (κ1) is 14.0. The van der Waals surface area contributed by atoms with Gasteiger partial charge in [0.2, 0.25) is 0 Å². The Morgan fingerprint density at radius 2 is 1.86 bits per heavy atom. The Kier molecular flexibility index (Phi) is 3.90. The standard InChI is InChI=1S/C16H17ClN4/c1-10(12-5-7-18-8-6-12)19-11(2)16-20-14-4-3-13(17)9-15(14)21-16/h3-11,19H,1-2H3,(H,20,21)/t10-,11+/m0/s1. The van der Waals surface area contributed by atoms with Crippen molar-refractivity contribution in [2.24, 2.45) is 0 Å². The third-order valence-corrected chi connectivity index (χ3v) is 3.81. The maximum Gasteiger partial charge on any atom is 0.124 e. The van der Waals surface area contributed by atoms with Crippen LogP contribution in [-0.2, 0) is 0 Å². The summed E-state index contributed by atoms with van der Waals surface area (Å²) in [6.07, 6.45) is 3.61. The molecule has 1 aromatic carbocycles. The van der Waals surface area contributed by atoms with Crippen molar-refractivity contribution in [2.75, 3.05) is 0 Å². The van der Waals surface area contributed by atoms with Crippen LogP contribution in [0.4, 0.5) is 0 Å². The zero-order valence-electron chi connectivity index (χ0n) is 12.0. The first-order chi connectivity index (χ1) is 10.1. The van der Waals surface area contributed by atoms with Crippen molar-refractivity contribution in [1.29, 1.82) is 0 Å². The van der Waals surface area contributed by atoms with Crippen molar-refractivity contribution in [3.8, 4) is 0 Å². The molecule has 0 unspecified atom stereocenters. The summed E-state index contributed by atoms with van der Waals surface area (Å²) >= 11 is 6.00. The molecule has 0 aliphatic heterocycles. The molecule has 2 aromatic heterocycles. The predicted molar refractivity (Wildman–Crippen MR) is 85.3 cm³/mol. The second-order valence-electron chi connectivity index (χ2n) is 5.17. The topological polar surface area (TPSA) is 53.6 Å². The van der Waals surface area contributed by atoms with Gasteiger partial charge in [-0.15, -0.1) is 0 Å². The fourth-order valence-corrected chi connectivity index (χ4v) is 2.58. The number of nitrogens with zero attached hydrogens (tertiary/aromatic N) is 2. The summed E-state index contributed by atoms with van der Waals surface area (Å²) in [5.41, 5.74) is 3.10. The second-order valence-corrected chi connectivity index (χ2v) is 5.61. The number of halogens is 1. The molecule has 0 saturated heterocycles. The van der Waals surface area contributed by atoms with Crippen molar-refractivity contribution in [3.05, 3.63) is 59.1 Å². The van der Waals surface area contributed by atoms with E-state index in [9.17, 15) is 0 Å². The van der Waals surface area contributed by atoms with Crippen LogP contribution in [0.3, 0.4) is 0 Å². The molecule has 2 heterocycles. The lowest BCUT2D eigenvalue weighted by Gasteiger charge is -2.18. The normalized spacial score (nSPS) is 14.2. The molecule has 0 bridgehead atoms. The lowest BCUT2D eigenvalue weighted by molar-refractivity contribution is 0.480. The summed E-state index contributed by atoms with van der Waals surface area (Å²) in [6.45, 7) is 4.22. The molecule has 4 nitrogen and oxygen atoms in total. The van der Waals surface area contributed by atoms with Gasteiger partial charge in [0.1, 0.15) is 5.82 Å². The number of aromatic nitrogens is 3. The Morgan fingerprint density at radius 3 is 2.62 bits per heavy atom. The van der Waals surface area contributed by atoms with Crippen molar-refractivity contribution in [3.63, 3.8) is 0 Å². The van der Waals surface area contributed by atoms with Gasteiger partial charge in [-0.2, -0.15) is 0 Å². The molecule has 3 aromatic rings. The Bertz CT molecular complexity index is 738. The number of nitrogens with one attached hydrogen (secondary N) is 2. The van der Waals surface area contributed by atoms with Crippen LogP contribution in [0.2, 0.25) is 5.02 Å². The number of imidazole rings is 1. The number of rotatable bonds is 4. The minimum Gasteiger partial charge on any atom is -0.341 e. The molecule has 5 heteroatoms. The summed E-state index contributed by atoms with van der Waals surface area (Å²) < 4.78 is 0. The number of hydrogen-bond donors (Lipinski definition) is 2. The van der Waals surface area contributed by atoms with Crippen molar-refractivity contribution in [1.82, 2.24) is 20.3 Å². The molecule has 0 aliphatic rings. The summed E-state index contributed by atoms with van der Waals surface area (Å²) in [5.74, 6) is 0.910. The maximum absolute atomic E-state index is 6.00. The number of H-pyrrole nitrogens is 1. The molecule has 3 rings (SSSR count). The molecule has 2 atom stereocenters. The van der Waals surface area contributed by atoms with E-state index >= 15 is 0 Å². The Balaban J connectivity index is 1.79. The first-order valence-corrected chi connectivity index (χ1v) is 7.32. The van der Waals surface area contributed by atoms with E-state index in [1.807, 2.05) is 30.3 Å². The highest BCUT2D eigenvalue weighted by Crippen LogP contribution is 2.22. The van der Waals surface area contributed by atoms with Crippen LogP contribution in [0.15, 0.2) is 42.7 Å². The number of fused-ring (bicyclic) bond motifs is 1. The highest BCUT2D eigenvalue weighted by molar-refractivity contribution is 6.31. The molecule has 0 aliphatic carbocycles. The third-order valence-electron chi connectivity index (χ3n) is 3.58. The fourth-order valence-electron chi connectivity index (χ4n) is 2.41. The van der Waals surface area contributed by atoms with Gasteiger partial charge in [0.15, 0.2) is 0 Å². The van der Waals surface area contributed by atoms with Gasteiger partial charge in [-0.3, -0.25) is 4.98 Å². The molecule has 0 saturated carbocycles. The van der Waals surface area contributed by atoms with Crippen LogP contribution >= 0.6 is 11.6 Å². The van der Waals surface area contributed by atoms with Gasteiger partial charge in [0, 0.05) is 23.5 Å². The molecule has 108 valence electrons. The number of pyridine rings is 1. The first-order valence-electron chi connectivity index (χ1n) is 6.94. The van der Waals surface area contributed by atoms with Gasteiger partial charge in [0.05, 0.1) is 17.1 Å². The largest absolute Gasteiger partial charge is 0.341 e. The average Bonchev–Trinajstić information content (AvgIpc) is 2.91. The lowest BCUT2D eigenvalue weighted by atomic mass is 10.1. The van der Waals surface area contributed by atoms with E-state index < -0.39 is 0 Å². The third kappa shape index (κ3) is 3.06. The van der Waals surface area contributed by atoms with Gasteiger partial charge in [-0.05, 0) is 49.7 Å². The minimum atomic E-state index is 0.111. The number of aromatic amines is 1. The van der Waals surface area contributed by atoms with Crippen LogP contribution < -0.4 is 5.32 Å². The van der Waals surface area contributed by atoms with Gasteiger partial charge in [0.25, 0.3) is 0 Å². The smallest absolute Gasteiger partial charge is 0.124 e. The van der Waals surface area contributed by atoms with Gasteiger partial charge in [-0.1, -0.05) is 11.6 Å². The van der Waals surface area contributed by atoms with Crippen LogP contribution in [0, 0.1) is 0 Å². The SMILES string of the molecule is C[C@H](N[C@H](C)c1nc2ccc(Cl)cc2[nH]1)c1ccncc1. The molecular formula is C16H17ClN4. The van der Waals surface area contributed by atoms with E-state index in [1.165, 1.54) is 5.56 Å².